The van der Waals surface area contributed by atoms with E-state index in [1.54, 1.807) is 73.3 Å². The summed E-state index contributed by atoms with van der Waals surface area (Å²) in [5.74, 6) is 0.467. The monoisotopic (exact) mass is 669 g/mol. The molecule has 3 N–H and O–H groups in total. The number of aliphatic hydroxyl groups excluding tert-OH is 1. The molecule has 0 unspecified atom stereocenters. The Morgan fingerprint density at radius 1 is 1.06 bits per heavy atom. The van der Waals surface area contributed by atoms with Crippen molar-refractivity contribution in [3.63, 3.8) is 0 Å². The predicted octanol–water partition coefficient (Wildman–Crippen LogP) is 4.93. The number of hydrogen-bond acceptors (Lipinski definition) is 8. The van der Waals surface area contributed by atoms with E-state index in [2.05, 4.69) is 10.6 Å². The summed E-state index contributed by atoms with van der Waals surface area (Å²) in [7, 11) is 7.23. The number of benzene rings is 2. The topological polar surface area (TPSA) is 133 Å². The average molecular weight is 670 g/mol. The maximum Gasteiger partial charge on any atom is 0.321 e. The van der Waals surface area contributed by atoms with Crippen molar-refractivity contribution in [1.29, 1.82) is 0 Å². The van der Waals surface area contributed by atoms with Crippen LogP contribution in [-0.4, -0.2) is 117 Å². The van der Waals surface area contributed by atoms with Crippen molar-refractivity contribution >= 4 is 29.2 Å². The molecular formula is C36H55N5O7. The highest BCUT2D eigenvalue weighted by molar-refractivity contribution is 5.99. The zero-order valence-electron chi connectivity index (χ0n) is 29.7. The van der Waals surface area contributed by atoms with Gasteiger partial charge in [0.05, 0.1) is 37.5 Å². The summed E-state index contributed by atoms with van der Waals surface area (Å²) in [6.45, 7) is 7.33. The summed E-state index contributed by atoms with van der Waals surface area (Å²) >= 11 is 0. The molecule has 48 heavy (non-hydrogen) atoms. The fraction of sp³-hybridized carbons (Fsp3) is 0.583. The number of carbonyl (C=O) groups is 3. The Balaban J connectivity index is 1.85. The minimum atomic E-state index is -0.515. The summed E-state index contributed by atoms with van der Waals surface area (Å²) < 4.78 is 17.9. The molecule has 4 atom stereocenters. The number of likely N-dealkylation sites (N-methyl/N-ethyl adjacent to an activating group) is 1. The molecule has 2 aromatic carbocycles. The van der Waals surface area contributed by atoms with Crippen LogP contribution in [0.3, 0.4) is 0 Å². The maximum absolute atomic E-state index is 14.3. The molecular weight excluding hydrogens is 614 g/mol. The van der Waals surface area contributed by atoms with E-state index in [4.69, 9.17) is 14.2 Å². The van der Waals surface area contributed by atoms with Crippen LogP contribution < -0.4 is 20.1 Å². The molecule has 0 bridgehead atoms. The molecule has 4 amide bonds. The van der Waals surface area contributed by atoms with Crippen LogP contribution in [0, 0.1) is 5.92 Å². The molecule has 3 rings (SSSR count). The first-order chi connectivity index (χ1) is 22.9. The number of nitrogens with one attached hydrogen (secondary N) is 2. The van der Waals surface area contributed by atoms with Gasteiger partial charge in [-0.2, -0.15) is 0 Å². The van der Waals surface area contributed by atoms with Crippen LogP contribution >= 0.6 is 0 Å². The second kappa shape index (κ2) is 19.2. The number of anilines is 2. The van der Waals surface area contributed by atoms with E-state index >= 15 is 0 Å². The lowest BCUT2D eigenvalue weighted by molar-refractivity contribution is -0.116. The Bertz CT molecular complexity index is 1320. The van der Waals surface area contributed by atoms with Gasteiger partial charge in [0.2, 0.25) is 5.91 Å². The Morgan fingerprint density at radius 2 is 1.77 bits per heavy atom. The van der Waals surface area contributed by atoms with Crippen LogP contribution in [0.1, 0.15) is 63.2 Å². The van der Waals surface area contributed by atoms with Gasteiger partial charge >= 0.3 is 6.03 Å². The molecule has 0 spiro atoms. The normalized spacial score (nSPS) is 19.8. The van der Waals surface area contributed by atoms with Crippen molar-refractivity contribution in [2.75, 3.05) is 71.7 Å². The SMILES string of the molecule is COc1ccc(NC(=O)N(C)C[C@H]2OCCCC[C@H](C)Oc3ccc(NC(=O)CCCN(C)C)cc3C(=O)N([C@@H](C)CO)C[C@@H]2C)cc1. The summed E-state index contributed by atoms with van der Waals surface area (Å²) in [6.07, 6.45) is 2.93. The van der Waals surface area contributed by atoms with Crippen LogP contribution in [-0.2, 0) is 9.53 Å². The molecule has 0 saturated carbocycles. The molecule has 266 valence electrons. The van der Waals surface area contributed by atoms with E-state index < -0.39 is 6.04 Å². The maximum atomic E-state index is 14.3. The number of carbonyl (C=O) groups excluding carboxylic acids is 3. The van der Waals surface area contributed by atoms with Gasteiger partial charge in [-0.15, -0.1) is 0 Å². The number of hydrogen-bond donors (Lipinski definition) is 3. The highest BCUT2D eigenvalue weighted by Gasteiger charge is 2.31. The Kier molecular flexibility index (Phi) is 15.4. The molecule has 1 aliphatic heterocycles. The minimum absolute atomic E-state index is 0.131. The number of fused-ring (bicyclic) bond motifs is 1. The fourth-order valence-electron chi connectivity index (χ4n) is 5.49. The van der Waals surface area contributed by atoms with Gasteiger partial charge in [-0.05, 0) is 103 Å². The number of methoxy groups -OCH3 is 1. The lowest BCUT2D eigenvalue weighted by Crippen LogP contribution is -2.48. The van der Waals surface area contributed by atoms with Crippen LogP contribution in [0.2, 0.25) is 0 Å². The molecule has 1 heterocycles. The number of nitrogens with zero attached hydrogens (tertiary/aromatic N) is 3. The third kappa shape index (κ3) is 12.0. The summed E-state index contributed by atoms with van der Waals surface area (Å²) in [5, 5.41) is 16.1. The number of amides is 4. The Hall–Kier alpha value is -3.87. The third-order valence-electron chi connectivity index (χ3n) is 8.49. The lowest BCUT2D eigenvalue weighted by Gasteiger charge is -2.35. The fourth-order valence-corrected chi connectivity index (χ4v) is 5.49. The van der Waals surface area contributed by atoms with Gasteiger partial charge in [0, 0.05) is 50.5 Å². The van der Waals surface area contributed by atoms with Gasteiger partial charge < -0.3 is 44.7 Å². The van der Waals surface area contributed by atoms with Crippen LogP contribution in [0.25, 0.3) is 0 Å². The van der Waals surface area contributed by atoms with Gasteiger partial charge in [-0.1, -0.05) is 6.92 Å². The van der Waals surface area contributed by atoms with Crippen molar-refractivity contribution < 1.29 is 33.7 Å². The highest BCUT2D eigenvalue weighted by atomic mass is 16.5. The lowest BCUT2D eigenvalue weighted by atomic mass is 10.0. The van der Waals surface area contributed by atoms with Crippen LogP contribution in [0.5, 0.6) is 11.5 Å². The van der Waals surface area contributed by atoms with Crippen molar-refractivity contribution in [2.45, 2.75) is 71.1 Å². The smallest absolute Gasteiger partial charge is 0.321 e. The molecule has 0 radical (unpaired) electrons. The number of aliphatic hydroxyl groups is 1. The van der Waals surface area contributed by atoms with E-state index in [1.165, 1.54) is 0 Å². The standard InChI is InChI=1S/C36H55N5O7/c1-25-22-41(26(2)24-42)35(44)31-21-29(37-34(43)12-10-19-39(4)5)15-18-32(31)48-27(3)11-8-9-20-47-33(25)23-40(6)36(45)38-28-13-16-30(46-7)17-14-28/h13-18,21,25-27,33,42H,8-12,19-20,22-24H2,1-7H3,(H,37,43)(H,38,45)/t25-,26-,27-,33+/m0/s1. The third-order valence-corrected chi connectivity index (χ3v) is 8.49. The van der Waals surface area contributed by atoms with Gasteiger partial charge in [0.25, 0.3) is 5.91 Å². The number of rotatable bonds is 11. The number of ether oxygens (including phenoxy) is 3. The summed E-state index contributed by atoms with van der Waals surface area (Å²) in [4.78, 5) is 45.4. The van der Waals surface area contributed by atoms with Crippen molar-refractivity contribution in [2.24, 2.45) is 5.92 Å². The molecule has 2 aromatic rings. The molecule has 1 aliphatic rings. The van der Waals surface area contributed by atoms with Crippen LogP contribution in [0.15, 0.2) is 42.5 Å². The summed E-state index contributed by atoms with van der Waals surface area (Å²) in [6, 6.07) is 11.4. The zero-order chi connectivity index (χ0) is 35.2. The predicted molar refractivity (Wildman–Crippen MR) is 188 cm³/mol. The molecule has 12 nitrogen and oxygen atoms in total. The van der Waals surface area contributed by atoms with Crippen molar-refractivity contribution in [3.05, 3.63) is 48.0 Å². The summed E-state index contributed by atoms with van der Waals surface area (Å²) in [5.41, 5.74) is 1.45. The Labute approximate surface area is 285 Å². The first-order valence-corrected chi connectivity index (χ1v) is 16.9. The second-order valence-electron chi connectivity index (χ2n) is 13.0. The van der Waals surface area contributed by atoms with E-state index in [0.29, 0.717) is 54.4 Å². The van der Waals surface area contributed by atoms with Gasteiger partial charge in [0.1, 0.15) is 11.5 Å². The first-order valence-electron chi connectivity index (χ1n) is 16.9. The van der Waals surface area contributed by atoms with Crippen molar-refractivity contribution in [1.82, 2.24) is 14.7 Å². The highest BCUT2D eigenvalue weighted by Crippen LogP contribution is 2.29. The van der Waals surface area contributed by atoms with Gasteiger partial charge in [-0.3, -0.25) is 9.59 Å². The number of urea groups is 1. The quantitative estimate of drug-likeness (QED) is 0.307. The Morgan fingerprint density at radius 3 is 2.44 bits per heavy atom. The first kappa shape index (κ1) is 38.6. The van der Waals surface area contributed by atoms with Gasteiger partial charge in [0.15, 0.2) is 0 Å². The van der Waals surface area contributed by atoms with Gasteiger partial charge in [-0.25, -0.2) is 4.79 Å². The largest absolute Gasteiger partial charge is 0.497 e. The van der Waals surface area contributed by atoms with Crippen molar-refractivity contribution in [3.8, 4) is 11.5 Å². The molecule has 0 fully saturated rings. The molecule has 0 saturated heterocycles. The zero-order valence-corrected chi connectivity index (χ0v) is 29.7. The van der Waals surface area contributed by atoms with E-state index in [0.717, 1.165) is 25.8 Å². The molecule has 0 aliphatic carbocycles. The van der Waals surface area contributed by atoms with Crippen LogP contribution in [0.4, 0.5) is 16.2 Å². The average Bonchev–Trinajstić information content (AvgIpc) is 3.06. The molecule has 0 aromatic heterocycles. The minimum Gasteiger partial charge on any atom is -0.497 e. The van der Waals surface area contributed by atoms with E-state index in [1.807, 2.05) is 32.8 Å². The molecule has 12 heteroatoms. The van der Waals surface area contributed by atoms with E-state index in [-0.39, 0.29) is 49.1 Å². The van der Waals surface area contributed by atoms with E-state index in [9.17, 15) is 19.5 Å². The second-order valence-corrected chi connectivity index (χ2v) is 13.0.